The summed E-state index contributed by atoms with van der Waals surface area (Å²) in [5, 5.41) is 0. The van der Waals surface area contributed by atoms with Crippen LogP contribution in [0.5, 0.6) is 0 Å². The van der Waals surface area contributed by atoms with Crippen LogP contribution >= 0.6 is 0 Å². The standard InChI is InChI=1S/C13H13N3O/c14-11(9-5-2-1-3-6-9)12(17)10-7-4-8-16-13(10)15/h1-8,11H,14H2,(H2,15,16). The first kappa shape index (κ1) is 11.3. The van der Waals surface area contributed by atoms with E-state index >= 15 is 0 Å². The molecule has 0 aliphatic carbocycles. The Labute approximate surface area is 99.3 Å². The molecule has 4 heteroatoms. The van der Waals surface area contributed by atoms with Crippen molar-refractivity contribution in [3.63, 3.8) is 0 Å². The van der Waals surface area contributed by atoms with Crippen LogP contribution < -0.4 is 11.5 Å². The number of nitrogens with zero attached hydrogens (tertiary/aromatic N) is 1. The Hall–Kier alpha value is -2.20. The fraction of sp³-hybridized carbons (Fsp3) is 0.0769. The SMILES string of the molecule is Nc1ncccc1C(=O)C(N)c1ccccc1. The number of benzene rings is 1. The minimum absolute atomic E-state index is 0.212. The summed E-state index contributed by atoms with van der Waals surface area (Å²) in [6.07, 6.45) is 1.54. The minimum atomic E-state index is -0.706. The van der Waals surface area contributed by atoms with E-state index in [9.17, 15) is 4.79 Å². The Morgan fingerprint density at radius 2 is 1.82 bits per heavy atom. The molecule has 0 aliphatic rings. The van der Waals surface area contributed by atoms with Crippen molar-refractivity contribution in [2.45, 2.75) is 6.04 Å². The van der Waals surface area contributed by atoms with Gasteiger partial charge >= 0.3 is 0 Å². The summed E-state index contributed by atoms with van der Waals surface area (Å²) < 4.78 is 0. The topological polar surface area (TPSA) is 82.0 Å². The van der Waals surface area contributed by atoms with Crippen LogP contribution in [0.25, 0.3) is 0 Å². The Balaban J connectivity index is 2.30. The van der Waals surface area contributed by atoms with Crippen LogP contribution in [0, 0.1) is 0 Å². The molecule has 0 amide bonds. The van der Waals surface area contributed by atoms with Gasteiger partial charge in [-0.15, -0.1) is 0 Å². The fourth-order valence-corrected chi connectivity index (χ4v) is 1.61. The highest BCUT2D eigenvalue weighted by molar-refractivity contribution is 6.03. The maximum Gasteiger partial charge on any atom is 0.187 e. The summed E-state index contributed by atoms with van der Waals surface area (Å²) in [6.45, 7) is 0. The second-order valence-electron chi connectivity index (χ2n) is 3.69. The van der Waals surface area contributed by atoms with Crippen LogP contribution in [0.2, 0.25) is 0 Å². The number of ketones is 1. The van der Waals surface area contributed by atoms with Crippen LogP contribution in [0.4, 0.5) is 5.82 Å². The normalized spacial score (nSPS) is 12.1. The average Bonchev–Trinajstić information content (AvgIpc) is 2.39. The molecule has 0 spiro atoms. The molecule has 2 rings (SSSR count). The molecule has 86 valence electrons. The number of carbonyl (C=O) groups excluding carboxylic acids is 1. The van der Waals surface area contributed by atoms with Gasteiger partial charge in [-0.25, -0.2) is 4.98 Å². The predicted molar refractivity (Wildman–Crippen MR) is 66.4 cm³/mol. The molecule has 0 fully saturated rings. The summed E-state index contributed by atoms with van der Waals surface area (Å²) in [4.78, 5) is 16.0. The molecule has 0 aliphatic heterocycles. The quantitative estimate of drug-likeness (QED) is 0.779. The summed E-state index contributed by atoms with van der Waals surface area (Å²) in [6, 6.07) is 11.8. The van der Waals surface area contributed by atoms with Crippen LogP contribution in [0.3, 0.4) is 0 Å². The lowest BCUT2D eigenvalue weighted by atomic mass is 9.99. The minimum Gasteiger partial charge on any atom is -0.383 e. The van der Waals surface area contributed by atoms with Gasteiger partial charge in [-0.2, -0.15) is 0 Å². The third-order valence-electron chi connectivity index (χ3n) is 2.55. The number of hydrogen-bond donors (Lipinski definition) is 2. The van der Waals surface area contributed by atoms with Gasteiger partial charge < -0.3 is 11.5 Å². The van der Waals surface area contributed by atoms with Crippen molar-refractivity contribution in [1.82, 2.24) is 4.98 Å². The number of hydrogen-bond acceptors (Lipinski definition) is 4. The largest absolute Gasteiger partial charge is 0.383 e. The average molecular weight is 227 g/mol. The Morgan fingerprint density at radius 1 is 1.12 bits per heavy atom. The highest BCUT2D eigenvalue weighted by atomic mass is 16.1. The van der Waals surface area contributed by atoms with E-state index in [2.05, 4.69) is 4.98 Å². The molecule has 0 saturated heterocycles. The predicted octanol–water partition coefficient (Wildman–Crippen LogP) is 1.55. The molecule has 1 heterocycles. The Morgan fingerprint density at radius 3 is 2.47 bits per heavy atom. The van der Waals surface area contributed by atoms with E-state index in [0.29, 0.717) is 5.56 Å². The third-order valence-corrected chi connectivity index (χ3v) is 2.55. The second kappa shape index (κ2) is 4.76. The first-order chi connectivity index (χ1) is 8.20. The number of nitrogen functional groups attached to an aromatic ring is 1. The lowest BCUT2D eigenvalue weighted by Gasteiger charge is -2.11. The number of nitrogens with two attached hydrogens (primary N) is 2. The molecule has 1 aromatic heterocycles. The molecule has 4 nitrogen and oxygen atoms in total. The van der Waals surface area contributed by atoms with Gasteiger partial charge in [-0.05, 0) is 17.7 Å². The van der Waals surface area contributed by atoms with Crippen LogP contribution in [0.1, 0.15) is 22.0 Å². The molecular weight excluding hydrogens is 214 g/mol. The van der Waals surface area contributed by atoms with E-state index in [-0.39, 0.29) is 11.6 Å². The summed E-state index contributed by atoms with van der Waals surface area (Å²) >= 11 is 0. The van der Waals surface area contributed by atoms with Crippen molar-refractivity contribution in [2.75, 3.05) is 5.73 Å². The second-order valence-corrected chi connectivity index (χ2v) is 3.69. The molecule has 1 atom stereocenters. The van der Waals surface area contributed by atoms with Crippen molar-refractivity contribution in [1.29, 1.82) is 0 Å². The van der Waals surface area contributed by atoms with Crippen LogP contribution in [-0.4, -0.2) is 10.8 Å². The van der Waals surface area contributed by atoms with Gasteiger partial charge in [0.2, 0.25) is 0 Å². The highest BCUT2D eigenvalue weighted by Gasteiger charge is 2.19. The van der Waals surface area contributed by atoms with E-state index in [4.69, 9.17) is 11.5 Å². The van der Waals surface area contributed by atoms with E-state index in [1.807, 2.05) is 30.3 Å². The summed E-state index contributed by atoms with van der Waals surface area (Å²) in [7, 11) is 0. The van der Waals surface area contributed by atoms with Crippen molar-refractivity contribution in [3.8, 4) is 0 Å². The van der Waals surface area contributed by atoms with Gasteiger partial charge in [-0.1, -0.05) is 30.3 Å². The lowest BCUT2D eigenvalue weighted by Crippen LogP contribution is -2.22. The summed E-state index contributed by atoms with van der Waals surface area (Å²) in [5.41, 5.74) is 12.7. The first-order valence-corrected chi connectivity index (χ1v) is 5.25. The van der Waals surface area contributed by atoms with Crippen molar-refractivity contribution >= 4 is 11.6 Å². The van der Waals surface area contributed by atoms with Crippen molar-refractivity contribution < 1.29 is 4.79 Å². The van der Waals surface area contributed by atoms with Crippen molar-refractivity contribution in [3.05, 3.63) is 59.8 Å². The van der Waals surface area contributed by atoms with E-state index in [0.717, 1.165) is 5.56 Å². The van der Waals surface area contributed by atoms with Crippen LogP contribution in [-0.2, 0) is 0 Å². The maximum absolute atomic E-state index is 12.1. The van der Waals surface area contributed by atoms with E-state index < -0.39 is 6.04 Å². The molecule has 4 N–H and O–H groups in total. The molecule has 1 unspecified atom stereocenters. The van der Waals surface area contributed by atoms with Crippen LogP contribution in [0.15, 0.2) is 48.7 Å². The first-order valence-electron chi connectivity index (χ1n) is 5.25. The molecule has 0 saturated carbocycles. The van der Waals surface area contributed by atoms with Gasteiger partial charge in [-0.3, -0.25) is 4.79 Å². The van der Waals surface area contributed by atoms with Crippen molar-refractivity contribution in [2.24, 2.45) is 5.73 Å². The number of Topliss-reactive ketones (excluding diaryl/α,β-unsaturated/α-hetero) is 1. The van der Waals surface area contributed by atoms with Gasteiger partial charge in [0, 0.05) is 6.20 Å². The molecule has 17 heavy (non-hydrogen) atoms. The molecule has 2 aromatic rings. The zero-order chi connectivity index (χ0) is 12.3. The molecular formula is C13H13N3O. The monoisotopic (exact) mass is 227 g/mol. The van der Waals surface area contributed by atoms with Gasteiger partial charge in [0.1, 0.15) is 5.82 Å². The Bertz CT molecular complexity index is 525. The Kier molecular flexibility index (Phi) is 3.16. The fourth-order valence-electron chi connectivity index (χ4n) is 1.61. The maximum atomic E-state index is 12.1. The smallest absolute Gasteiger partial charge is 0.187 e. The third kappa shape index (κ3) is 2.32. The number of aromatic nitrogens is 1. The summed E-state index contributed by atoms with van der Waals surface area (Å²) in [5.74, 6) is -0.00863. The van der Waals surface area contributed by atoms with Gasteiger partial charge in [0.05, 0.1) is 11.6 Å². The van der Waals surface area contributed by atoms with Gasteiger partial charge in [0.15, 0.2) is 5.78 Å². The zero-order valence-electron chi connectivity index (χ0n) is 9.21. The van der Waals surface area contributed by atoms with Gasteiger partial charge in [0.25, 0.3) is 0 Å². The number of pyridine rings is 1. The molecule has 0 radical (unpaired) electrons. The highest BCUT2D eigenvalue weighted by Crippen LogP contribution is 2.18. The molecule has 0 bridgehead atoms. The molecule has 1 aromatic carbocycles. The van der Waals surface area contributed by atoms with E-state index in [1.165, 1.54) is 0 Å². The number of carbonyl (C=O) groups is 1. The number of rotatable bonds is 3. The van der Waals surface area contributed by atoms with E-state index in [1.54, 1.807) is 18.3 Å². The zero-order valence-corrected chi connectivity index (χ0v) is 9.21. The number of anilines is 1. The lowest BCUT2D eigenvalue weighted by molar-refractivity contribution is 0.0962.